The molecule has 2 rings (SSSR count). The quantitative estimate of drug-likeness (QED) is 0.704. The van der Waals surface area contributed by atoms with Crippen LogP contribution < -0.4 is 0 Å². The Morgan fingerprint density at radius 1 is 1.12 bits per heavy atom. The van der Waals surface area contributed by atoms with Gasteiger partial charge in [0.05, 0.1) is 17.4 Å². The first-order valence-corrected chi connectivity index (χ1v) is 8.38. The molecule has 1 unspecified atom stereocenters. The van der Waals surface area contributed by atoms with E-state index in [1.807, 2.05) is 37.3 Å². The Hall–Kier alpha value is -1.95. The average Bonchev–Trinajstić information content (AvgIpc) is 2.58. The molecule has 0 aliphatic carbocycles. The van der Waals surface area contributed by atoms with Gasteiger partial charge in [0.15, 0.2) is 0 Å². The van der Waals surface area contributed by atoms with Gasteiger partial charge in [-0.1, -0.05) is 36.4 Å². The number of rotatable bonds is 5. The van der Waals surface area contributed by atoms with Gasteiger partial charge in [-0.15, -0.1) is 11.8 Å². The summed E-state index contributed by atoms with van der Waals surface area (Å²) >= 11 is 1.11. The van der Waals surface area contributed by atoms with Gasteiger partial charge < -0.3 is 4.90 Å². The minimum absolute atomic E-state index is 0.0922. The number of nitrogens with zero attached hydrogens (tertiary/aromatic N) is 1. The molecule has 1 amide bonds. The first kappa shape index (κ1) is 18.4. The molecule has 2 aromatic rings. The fourth-order valence-electron chi connectivity index (χ4n) is 2.18. The number of carbonyl (C=O) groups is 1. The van der Waals surface area contributed by atoms with Gasteiger partial charge in [-0.25, -0.2) is 0 Å². The smallest absolute Gasteiger partial charge is 0.338 e. The van der Waals surface area contributed by atoms with Crippen molar-refractivity contribution in [3.05, 3.63) is 65.7 Å². The molecule has 0 aliphatic heterocycles. The van der Waals surface area contributed by atoms with Crippen LogP contribution in [0.1, 0.15) is 24.1 Å². The predicted molar refractivity (Wildman–Crippen MR) is 89.8 cm³/mol. The summed E-state index contributed by atoms with van der Waals surface area (Å²) in [4.78, 5) is 14.3. The van der Waals surface area contributed by atoms with Gasteiger partial charge in [0.25, 0.3) is 0 Å². The highest BCUT2D eigenvalue weighted by Crippen LogP contribution is 2.32. The molecule has 2 nitrogen and oxygen atoms in total. The number of hydrogen-bond acceptors (Lipinski definition) is 2. The Morgan fingerprint density at radius 3 is 2.42 bits per heavy atom. The molecule has 128 valence electrons. The summed E-state index contributed by atoms with van der Waals surface area (Å²) in [7, 11) is 1.70. The van der Waals surface area contributed by atoms with Crippen LogP contribution in [0.5, 0.6) is 0 Å². The van der Waals surface area contributed by atoms with E-state index in [9.17, 15) is 18.0 Å². The second-order valence-electron chi connectivity index (χ2n) is 5.41. The van der Waals surface area contributed by atoms with E-state index in [2.05, 4.69) is 0 Å². The maximum atomic E-state index is 12.7. The Balaban J connectivity index is 1.98. The Bertz CT molecular complexity index is 688. The minimum Gasteiger partial charge on any atom is -0.338 e. The molecule has 0 radical (unpaired) electrons. The van der Waals surface area contributed by atoms with Crippen molar-refractivity contribution < 1.29 is 18.0 Å². The monoisotopic (exact) mass is 353 g/mol. The second-order valence-corrected chi connectivity index (χ2v) is 6.45. The number of alkyl halides is 3. The third kappa shape index (κ3) is 4.77. The largest absolute Gasteiger partial charge is 0.416 e. The second kappa shape index (κ2) is 7.75. The van der Waals surface area contributed by atoms with Crippen LogP contribution in [-0.4, -0.2) is 23.6 Å². The van der Waals surface area contributed by atoms with E-state index >= 15 is 0 Å². The number of amides is 1. The average molecular weight is 353 g/mol. The van der Waals surface area contributed by atoms with E-state index in [1.54, 1.807) is 18.0 Å². The van der Waals surface area contributed by atoms with Gasteiger partial charge in [0.1, 0.15) is 0 Å². The lowest BCUT2D eigenvalue weighted by molar-refractivity contribution is -0.137. The van der Waals surface area contributed by atoms with Gasteiger partial charge in [-0.05, 0) is 30.7 Å². The first-order valence-electron chi connectivity index (χ1n) is 7.39. The van der Waals surface area contributed by atoms with Crippen LogP contribution in [0, 0.1) is 0 Å². The highest BCUT2D eigenvalue weighted by molar-refractivity contribution is 8.00. The highest BCUT2D eigenvalue weighted by Gasteiger charge is 2.30. The zero-order chi connectivity index (χ0) is 17.7. The van der Waals surface area contributed by atoms with Crippen molar-refractivity contribution in [3.8, 4) is 0 Å². The van der Waals surface area contributed by atoms with Crippen LogP contribution >= 0.6 is 11.8 Å². The zero-order valence-corrected chi connectivity index (χ0v) is 14.2. The minimum atomic E-state index is -4.38. The highest BCUT2D eigenvalue weighted by atomic mass is 32.2. The van der Waals surface area contributed by atoms with Crippen molar-refractivity contribution in [3.63, 3.8) is 0 Å². The normalized spacial score (nSPS) is 12.7. The fourth-order valence-corrected chi connectivity index (χ4v) is 3.06. The van der Waals surface area contributed by atoms with Crippen molar-refractivity contribution in [2.24, 2.45) is 0 Å². The van der Waals surface area contributed by atoms with Crippen LogP contribution in [0.25, 0.3) is 0 Å². The maximum Gasteiger partial charge on any atom is 0.416 e. The van der Waals surface area contributed by atoms with E-state index in [-0.39, 0.29) is 17.7 Å². The summed E-state index contributed by atoms with van der Waals surface area (Å²) in [6, 6.07) is 14.5. The van der Waals surface area contributed by atoms with Crippen LogP contribution in [0.2, 0.25) is 0 Å². The van der Waals surface area contributed by atoms with Crippen molar-refractivity contribution in [2.75, 3.05) is 12.8 Å². The van der Waals surface area contributed by atoms with Crippen LogP contribution in [0.3, 0.4) is 0 Å². The van der Waals surface area contributed by atoms with E-state index in [1.165, 1.54) is 6.07 Å². The lowest BCUT2D eigenvalue weighted by Gasteiger charge is -2.25. The van der Waals surface area contributed by atoms with Gasteiger partial charge in [-0.3, -0.25) is 4.79 Å². The molecule has 0 aliphatic rings. The molecule has 0 N–H and O–H groups in total. The van der Waals surface area contributed by atoms with E-state index in [4.69, 9.17) is 0 Å². The Labute approximate surface area is 143 Å². The van der Waals surface area contributed by atoms with Gasteiger partial charge >= 0.3 is 6.18 Å². The molecule has 1 atom stereocenters. The summed E-state index contributed by atoms with van der Waals surface area (Å²) in [6.45, 7) is 1.92. The summed E-state index contributed by atoms with van der Waals surface area (Å²) in [5, 5.41) is 0. The third-order valence-corrected chi connectivity index (χ3v) is 4.76. The van der Waals surface area contributed by atoms with E-state index in [0.717, 1.165) is 29.5 Å². The number of hydrogen-bond donors (Lipinski definition) is 0. The molecule has 0 bridgehead atoms. The Kier molecular flexibility index (Phi) is 5.94. The topological polar surface area (TPSA) is 20.3 Å². The molecular formula is C18H18F3NOS. The summed E-state index contributed by atoms with van der Waals surface area (Å²) in [5.41, 5.74) is 0.309. The fraction of sp³-hybridized carbons (Fsp3) is 0.278. The molecule has 2 aromatic carbocycles. The molecule has 0 fully saturated rings. The lowest BCUT2D eigenvalue weighted by atomic mass is 10.1. The SMILES string of the molecule is CC(c1ccccc1)N(C)C(=O)CSc1cccc(C(F)(F)F)c1. The number of halogens is 3. The van der Waals surface area contributed by atoms with Gasteiger partial charge in [-0.2, -0.15) is 13.2 Å². The number of thioether (sulfide) groups is 1. The molecule has 0 aromatic heterocycles. The predicted octanol–water partition coefficient (Wildman–Crippen LogP) is 5.02. The summed E-state index contributed by atoms with van der Waals surface area (Å²) < 4.78 is 38.1. The van der Waals surface area contributed by atoms with Crippen molar-refractivity contribution in [2.45, 2.75) is 24.0 Å². The standard InChI is InChI=1S/C18H18F3NOS/c1-13(14-7-4-3-5-8-14)22(2)17(23)12-24-16-10-6-9-15(11-16)18(19,20)21/h3-11,13H,12H2,1-2H3. The van der Waals surface area contributed by atoms with Crippen LogP contribution in [0.15, 0.2) is 59.5 Å². The van der Waals surface area contributed by atoms with Crippen molar-refractivity contribution >= 4 is 17.7 Å². The number of benzene rings is 2. The molecule has 0 saturated heterocycles. The molecule has 6 heteroatoms. The Morgan fingerprint density at radius 2 is 1.79 bits per heavy atom. The maximum absolute atomic E-state index is 12.7. The van der Waals surface area contributed by atoms with Gasteiger partial charge in [0.2, 0.25) is 5.91 Å². The molecule has 0 heterocycles. The van der Waals surface area contributed by atoms with Crippen LogP contribution in [-0.2, 0) is 11.0 Å². The van der Waals surface area contributed by atoms with Crippen molar-refractivity contribution in [1.82, 2.24) is 4.90 Å². The number of carbonyl (C=O) groups excluding carboxylic acids is 1. The zero-order valence-electron chi connectivity index (χ0n) is 13.4. The summed E-state index contributed by atoms with van der Waals surface area (Å²) in [5.74, 6) is -0.0385. The molecule has 0 spiro atoms. The molecular weight excluding hydrogens is 335 g/mol. The molecule has 24 heavy (non-hydrogen) atoms. The van der Waals surface area contributed by atoms with Gasteiger partial charge in [0, 0.05) is 11.9 Å². The molecule has 0 saturated carbocycles. The van der Waals surface area contributed by atoms with Crippen molar-refractivity contribution in [1.29, 1.82) is 0 Å². The lowest BCUT2D eigenvalue weighted by Crippen LogP contribution is -2.31. The third-order valence-electron chi connectivity index (χ3n) is 3.78. The van der Waals surface area contributed by atoms with E-state index in [0.29, 0.717) is 4.90 Å². The van der Waals surface area contributed by atoms with E-state index < -0.39 is 11.7 Å². The first-order chi connectivity index (χ1) is 11.3. The van der Waals surface area contributed by atoms with Crippen LogP contribution in [0.4, 0.5) is 13.2 Å². The summed E-state index contributed by atoms with van der Waals surface area (Å²) in [6.07, 6.45) is -4.38.